The van der Waals surface area contributed by atoms with Crippen LogP contribution in [-0.4, -0.2) is 26.9 Å². The van der Waals surface area contributed by atoms with E-state index in [4.69, 9.17) is 4.74 Å². The van der Waals surface area contributed by atoms with Crippen molar-refractivity contribution in [1.82, 2.24) is 19.7 Å². The number of ether oxygens (including phenoxy) is 1. The number of aryl methyl sites for hydroxylation is 1. The summed E-state index contributed by atoms with van der Waals surface area (Å²) in [5.41, 5.74) is 0.360. The molecule has 3 aromatic heterocycles. The van der Waals surface area contributed by atoms with Gasteiger partial charge in [-0.05, 0) is 24.3 Å². The number of hydrogen-bond donors (Lipinski definition) is 3. The third-order valence-corrected chi connectivity index (χ3v) is 4.55. The van der Waals surface area contributed by atoms with Crippen molar-refractivity contribution in [2.45, 2.75) is 6.43 Å². The van der Waals surface area contributed by atoms with Crippen molar-refractivity contribution in [2.75, 3.05) is 17.7 Å². The molecule has 0 aliphatic rings. The van der Waals surface area contributed by atoms with Gasteiger partial charge in [0.1, 0.15) is 17.0 Å². The van der Waals surface area contributed by atoms with Gasteiger partial charge in [-0.3, -0.25) is 14.6 Å². The molecule has 0 spiro atoms. The molecule has 4 rings (SSSR count). The molecule has 1 aromatic carbocycles. The van der Waals surface area contributed by atoms with Crippen molar-refractivity contribution in [3.05, 3.63) is 64.3 Å². The maximum Gasteiger partial charge on any atom is 0.277 e. The van der Waals surface area contributed by atoms with Crippen LogP contribution in [0.5, 0.6) is 5.75 Å². The zero-order valence-electron chi connectivity index (χ0n) is 16.4. The number of pyridine rings is 2. The highest BCUT2D eigenvalue weighted by Crippen LogP contribution is 2.33. The van der Waals surface area contributed by atoms with E-state index in [2.05, 4.69) is 25.7 Å². The van der Waals surface area contributed by atoms with Gasteiger partial charge in [0, 0.05) is 24.9 Å². The smallest absolute Gasteiger partial charge is 0.277 e. The summed E-state index contributed by atoms with van der Waals surface area (Å²) in [6.07, 6.45) is -1.56. The van der Waals surface area contributed by atoms with E-state index in [0.29, 0.717) is 11.4 Å². The minimum Gasteiger partial charge on any atom is -0.492 e. The Morgan fingerprint density at radius 3 is 2.61 bits per heavy atom. The SMILES string of the molecule is COc1c(F)cccc1Nc1cc(Nc2ccc(C(F)F)cn2)nc2[nH]n(C)c(=O)c12. The topological polar surface area (TPSA) is 96.9 Å². The van der Waals surface area contributed by atoms with Crippen LogP contribution < -0.4 is 20.9 Å². The van der Waals surface area contributed by atoms with Crippen LogP contribution in [0.1, 0.15) is 12.0 Å². The number of benzene rings is 1. The molecule has 160 valence electrons. The molecule has 0 bridgehead atoms. The minimum absolute atomic E-state index is 0.0152. The van der Waals surface area contributed by atoms with E-state index in [9.17, 15) is 18.0 Å². The van der Waals surface area contributed by atoms with Gasteiger partial charge in [-0.1, -0.05) is 6.07 Å². The summed E-state index contributed by atoms with van der Waals surface area (Å²) in [6, 6.07) is 8.53. The number of alkyl halides is 2. The maximum absolute atomic E-state index is 14.1. The summed E-state index contributed by atoms with van der Waals surface area (Å²) in [6.45, 7) is 0. The highest BCUT2D eigenvalue weighted by atomic mass is 19.3. The van der Waals surface area contributed by atoms with Crippen molar-refractivity contribution < 1.29 is 17.9 Å². The Kier molecular flexibility index (Phi) is 5.24. The zero-order chi connectivity index (χ0) is 22.1. The average molecular weight is 430 g/mol. The molecule has 0 unspecified atom stereocenters. The first-order valence-corrected chi connectivity index (χ1v) is 9.07. The van der Waals surface area contributed by atoms with Gasteiger partial charge in [-0.2, -0.15) is 0 Å². The summed E-state index contributed by atoms with van der Waals surface area (Å²) >= 11 is 0. The zero-order valence-corrected chi connectivity index (χ0v) is 16.4. The number of halogens is 3. The summed E-state index contributed by atoms with van der Waals surface area (Å²) in [4.78, 5) is 20.9. The van der Waals surface area contributed by atoms with Crippen molar-refractivity contribution in [2.24, 2.45) is 7.05 Å². The molecule has 0 saturated heterocycles. The van der Waals surface area contributed by atoms with Crippen LogP contribution in [0.15, 0.2) is 47.4 Å². The molecule has 4 aromatic rings. The van der Waals surface area contributed by atoms with Crippen LogP contribution in [0, 0.1) is 5.82 Å². The Bertz CT molecular complexity index is 1300. The fraction of sp³-hybridized carbons (Fsp3) is 0.150. The Labute approximate surface area is 173 Å². The number of hydrogen-bond acceptors (Lipinski definition) is 6. The van der Waals surface area contributed by atoms with E-state index >= 15 is 0 Å². The number of para-hydroxylation sites is 1. The molecule has 31 heavy (non-hydrogen) atoms. The highest BCUT2D eigenvalue weighted by Gasteiger charge is 2.17. The van der Waals surface area contributed by atoms with Crippen LogP contribution in [-0.2, 0) is 7.05 Å². The standard InChI is InChI=1S/C20H17F3N6O2/c1-29-20(30)16-13(25-12-5-3-4-11(21)17(12)31-2)8-15(27-19(16)28-29)26-14-7-6-10(9-24-14)18(22)23/h3-9,18H,1-2H3,(H3,24,25,26,27,28). The normalized spacial score (nSPS) is 11.2. The number of aromatic nitrogens is 4. The van der Waals surface area contributed by atoms with Crippen LogP contribution in [0.2, 0.25) is 0 Å². The number of methoxy groups -OCH3 is 1. The van der Waals surface area contributed by atoms with Crippen molar-refractivity contribution in [1.29, 1.82) is 0 Å². The van der Waals surface area contributed by atoms with Gasteiger partial charge in [0.25, 0.3) is 12.0 Å². The van der Waals surface area contributed by atoms with E-state index in [1.54, 1.807) is 6.07 Å². The van der Waals surface area contributed by atoms with Gasteiger partial charge in [0.2, 0.25) is 0 Å². The van der Waals surface area contributed by atoms with Crippen molar-refractivity contribution in [3.8, 4) is 5.75 Å². The lowest BCUT2D eigenvalue weighted by molar-refractivity contribution is 0.151. The van der Waals surface area contributed by atoms with E-state index in [0.717, 1.165) is 6.20 Å². The predicted octanol–water partition coefficient (Wildman–Crippen LogP) is 4.23. The number of H-pyrrole nitrogens is 1. The number of fused-ring (bicyclic) bond motifs is 1. The Balaban J connectivity index is 1.77. The van der Waals surface area contributed by atoms with Gasteiger partial charge in [-0.25, -0.2) is 23.1 Å². The van der Waals surface area contributed by atoms with E-state index in [1.165, 1.54) is 49.2 Å². The lowest BCUT2D eigenvalue weighted by Gasteiger charge is -2.13. The molecule has 3 heterocycles. The summed E-state index contributed by atoms with van der Waals surface area (Å²) in [7, 11) is 2.87. The molecule has 11 heteroatoms. The molecule has 0 aliphatic heterocycles. The lowest BCUT2D eigenvalue weighted by atomic mass is 10.2. The van der Waals surface area contributed by atoms with Gasteiger partial charge < -0.3 is 15.4 Å². The van der Waals surface area contributed by atoms with Gasteiger partial charge in [0.15, 0.2) is 17.2 Å². The third-order valence-electron chi connectivity index (χ3n) is 4.55. The van der Waals surface area contributed by atoms with Crippen LogP contribution in [0.4, 0.5) is 36.2 Å². The largest absolute Gasteiger partial charge is 0.492 e. The molecule has 8 nitrogen and oxygen atoms in total. The lowest BCUT2D eigenvalue weighted by Crippen LogP contribution is -2.12. The number of rotatable bonds is 6. The molecule has 0 saturated carbocycles. The monoisotopic (exact) mass is 430 g/mol. The van der Waals surface area contributed by atoms with Gasteiger partial charge in [0.05, 0.1) is 18.5 Å². The van der Waals surface area contributed by atoms with Gasteiger partial charge in [-0.15, -0.1) is 0 Å². The second kappa shape index (κ2) is 8.01. The average Bonchev–Trinajstić information content (AvgIpc) is 3.02. The fourth-order valence-electron chi connectivity index (χ4n) is 3.08. The molecular weight excluding hydrogens is 413 g/mol. The minimum atomic E-state index is -2.62. The molecule has 0 fully saturated rings. The Morgan fingerprint density at radius 2 is 1.94 bits per heavy atom. The molecular formula is C20H17F3N6O2. The van der Waals surface area contributed by atoms with Gasteiger partial charge >= 0.3 is 0 Å². The quantitative estimate of drug-likeness (QED) is 0.424. The first-order valence-electron chi connectivity index (χ1n) is 9.07. The molecule has 0 aliphatic carbocycles. The van der Waals surface area contributed by atoms with E-state index in [1.807, 2.05) is 0 Å². The first-order chi connectivity index (χ1) is 14.9. The van der Waals surface area contributed by atoms with Crippen molar-refractivity contribution in [3.63, 3.8) is 0 Å². The summed E-state index contributed by atoms with van der Waals surface area (Å²) in [5, 5.41) is 9.01. The predicted molar refractivity (Wildman–Crippen MR) is 110 cm³/mol. The van der Waals surface area contributed by atoms with Crippen LogP contribution >= 0.6 is 0 Å². The number of nitrogens with zero attached hydrogens (tertiary/aromatic N) is 3. The Hall–Kier alpha value is -4.02. The summed E-state index contributed by atoms with van der Waals surface area (Å²) < 4.78 is 45.9. The van der Waals surface area contributed by atoms with Crippen molar-refractivity contribution >= 4 is 34.0 Å². The molecule has 3 N–H and O–H groups in total. The van der Waals surface area contributed by atoms with E-state index in [-0.39, 0.29) is 39.5 Å². The number of aromatic amines is 1. The molecule has 0 atom stereocenters. The van der Waals surface area contributed by atoms with E-state index < -0.39 is 12.2 Å². The fourth-order valence-corrected chi connectivity index (χ4v) is 3.08. The molecule has 0 amide bonds. The van der Waals surface area contributed by atoms with Crippen LogP contribution in [0.3, 0.4) is 0 Å². The Morgan fingerprint density at radius 1 is 1.13 bits per heavy atom. The second-order valence-electron chi connectivity index (χ2n) is 6.60. The third kappa shape index (κ3) is 3.89. The van der Waals surface area contributed by atoms with Crippen LogP contribution in [0.25, 0.3) is 11.0 Å². The number of nitrogens with one attached hydrogen (secondary N) is 3. The second-order valence-corrected chi connectivity index (χ2v) is 6.60. The first kappa shape index (κ1) is 20.3. The maximum atomic E-state index is 14.1. The number of anilines is 4. The highest BCUT2D eigenvalue weighted by molar-refractivity contribution is 5.93. The molecule has 0 radical (unpaired) electrons. The summed E-state index contributed by atoms with van der Waals surface area (Å²) in [5.74, 6) is -0.0200.